The SMILES string of the molecule is CC1(C)CCCC2(C)C=CC(O)C=C12. The molecule has 1 fully saturated rings. The molecule has 0 amide bonds. The van der Waals surface area contributed by atoms with Gasteiger partial charge in [-0.3, -0.25) is 0 Å². The van der Waals surface area contributed by atoms with E-state index in [2.05, 4.69) is 32.9 Å². The molecule has 0 aliphatic heterocycles. The molecular weight excluding hydrogens is 172 g/mol. The molecule has 14 heavy (non-hydrogen) atoms. The second-order valence-electron chi connectivity index (χ2n) is 5.58. The maximum atomic E-state index is 9.63. The number of aliphatic hydroxyl groups is 1. The molecule has 0 bridgehead atoms. The van der Waals surface area contributed by atoms with E-state index in [-0.39, 0.29) is 16.9 Å². The average molecular weight is 192 g/mol. The summed E-state index contributed by atoms with van der Waals surface area (Å²) < 4.78 is 0. The minimum absolute atomic E-state index is 0.209. The molecule has 0 heterocycles. The second kappa shape index (κ2) is 2.96. The summed E-state index contributed by atoms with van der Waals surface area (Å²) in [7, 11) is 0. The molecule has 2 aliphatic rings. The van der Waals surface area contributed by atoms with Gasteiger partial charge >= 0.3 is 0 Å². The Balaban J connectivity index is 2.41. The molecule has 0 aromatic heterocycles. The molecule has 1 N–H and O–H groups in total. The average Bonchev–Trinajstić information content (AvgIpc) is 2.08. The first-order chi connectivity index (χ1) is 6.44. The highest BCUT2D eigenvalue weighted by Crippen LogP contribution is 2.52. The van der Waals surface area contributed by atoms with Gasteiger partial charge in [0.05, 0.1) is 6.10 Å². The zero-order chi connectivity index (χ0) is 10.4. The van der Waals surface area contributed by atoms with Crippen molar-refractivity contribution in [1.29, 1.82) is 0 Å². The summed E-state index contributed by atoms with van der Waals surface area (Å²) in [6.45, 7) is 6.88. The van der Waals surface area contributed by atoms with Gasteiger partial charge in [0, 0.05) is 5.41 Å². The van der Waals surface area contributed by atoms with Gasteiger partial charge in [-0.2, -0.15) is 0 Å². The molecule has 2 atom stereocenters. The van der Waals surface area contributed by atoms with Crippen LogP contribution < -0.4 is 0 Å². The van der Waals surface area contributed by atoms with E-state index in [4.69, 9.17) is 0 Å². The molecule has 0 radical (unpaired) electrons. The van der Waals surface area contributed by atoms with Crippen LogP contribution in [0.1, 0.15) is 40.0 Å². The summed E-state index contributed by atoms with van der Waals surface area (Å²) in [5.74, 6) is 0. The Morgan fingerprint density at radius 3 is 2.71 bits per heavy atom. The van der Waals surface area contributed by atoms with Gasteiger partial charge in [0.15, 0.2) is 0 Å². The fourth-order valence-corrected chi connectivity index (χ4v) is 3.07. The molecule has 1 saturated carbocycles. The highest BCUT2D eigenvalue weighted by Gasteiger charge is 2.41. The van der Waals surface area contributed by atoms with Gasteiger partial charge in [-0.1, -0.05) is 51.0 Å². The quantitative estimate of drug-likeness (QED) is 0.585. The number of allylic oxidation sites excluding steroid dienone is 2. The largest absolute Gasteiger partial charge is 0.385 e. The first kappa shape index (κ1) is 9.97. The number of hydrogen-bond donors (Lipinski definition) is 1. The van der Waals surface area contributed by atoms with Crippen LogP contribution in [0.2, 0.25) is 0 Å². The van der Waals surface area contributed by atoms with Gasteiger partial charge in [-0.05, 0) is 18.3 Å². The zero-order valence-electron chi connectivity index (χ0n) is 9.38. The summed E-state index contributed by atoms with van der Waals surface area (Å²) in [6.07, 6.45) is 9.58. The van der Waals surface area contributed by atoms with Crippen LogP contribution >= 0.6 is 0 Å². The van der Waals surface area contributed by atoms with Crippen molar-refractivity contribution in [2.75, 3.05) is 0 Å². The fourth-order valence-electron chi connectivity index (χ4n) is 3.07. The molecule has 0 aromatic carbocycles. The molecular formula is C13H20O. The van der Waals surface area contributed by atoms with Gasteiger partial charge in [0.1, 0.15) is 0 Å². The summed E-state index contributed by atoms with van der Waals surface area (Å²) in [6, 6.07) is 0. The molecule has 0 spiro atoms. The molecule has 2 unspecified atom stereocenters. The fraction of sp³-hybridized carbons (Fsp3) is 0.692. The Morgan fingerprint density at radius 2 is 2.00 bits per heavy atom. The second-order valence-corrected chi connectivity index (χ2v) is 5.58. The van der Waals surface area contributed by atoms with Gasteiger partial charge in [0.25, 0.3) is 0 Å². The molecule has 2 rings (SSSR count). The monoisotopic (exact) mass is 192 g/mol. The number of hydrogen-bond acceptors (Lipinski definition) is 1. The molecule has 1 heteroatoms. The topological polar surface area (TPSA) is 20.2 Å². The molecule has 78 valence electrons. The normalized spacial score (nSPS) is 40.3. The Kier molecular flexibility index (Phi) is 2.11. The Labute approximate surface area is 86.5 Å². The highest BCUT2D eigenvalue weighted by atomic mass is 16.3. The van der Waals surface area contributed by atoms with Crippen LogP contribution in [-0.2, 0) is 0 Å². The molecule has 2 aliphatic carbocycles. The number of fused-ring (bicyclic) bond motifs is 1. The minimum Gasteiger partial charge on any atom is -0.385 e. The van der Waals surface area contributed by atoms with E-state index >= 15 is 0 Å². The van der Waals surface area contributed by atoms with Crippen LogP contribution in [0.3, 0.4) is 0 Å². The standard InChI is InChI=1S/C13H20O/c1-12(2)6-4-7-13(3)8-5-10(14)9-11(12)13/h5,8-10,14H,4,6-7H2,1-3H3. The number of rotatable bonds is 0. The van der Waals surface area contributed by atoms with E-state index < -0.39 is 0 Å². The van der Waals surface area contributed by atoms with Crippen LogP contribution in [0.4, 0.5) is 0 Å². The van der Waals surface area contributed by atoms with Crippen molar-refractivity contribution in [1.82, 2.24) is 0 Å². The lowest BCUT2D eigenvalue weighted by Crippen LogP contribution is -2.35. The van der Waals surface area contributed by atoms with Crippen LogP contribution in [0.15, 0.2) is 23.8 Å². The Morgan fingerprint density at radius 1 is 1.29 bits per heavy atom. The lowest BCUT2D eigenvalue weighted by molar-refractivity contribution is 0.208. The van der Waals surface area contributed by atoms with Crippen molar-refractivity contribution in [2.24, 2.45) is 10.8 Å². The summed E-state index contributed by atoms with van der Waals surface area (Å²) in [5.41, 5.74) is 1.91. The van der Waals surface area contributed by atoms with Gasteiger partial charge < -0.3 is 5.11 Å². The van der Waals surface area contributed by atoms with Crippen molar-refractivity contribution >= 4 is 0 Å². The Bertz CT molecular complexity index is 298. The van der Waals surface area contributed by atoms with Crippen LogP contribution in [0.25, 0.3) is 0 Å². The number of aliphatic hydroxyl groups excluding tert-OH is 1. The van der Waals surface area contributed by atoms with Crippen LogP contribution in [-0.4, -0.2) is 11.2 Å². The van der Waals surface area contributed by atoms with Crippen LogP contribution in [0, 0.1) is 10.8 Å². The third-order valence-electron chi connectivity index (χ3n) is 3.84. The summed E-state index contributed by atoms with van der Waals surface area (Å²) in [5, 5.41) is 9.63. The first-order valence-corrected chi connectivity index (χ1v) is 5.54. The molecule has 0 saturated heterocycles. The van der Waals surface area contributed by atoms with Gasteiger partial charge in [0.2, 0.25) is 0 Å². The predicted molar refractivity (Wildman–Crippen MR) is 59.0 cm³/mol. The summed E-state index contributed by atoms with van der Waals surface area (Å²) >= 11 is 0. The third-order valence-corrected chi connectivity index (χ3v) is 3.84. The lowest BCUT2D eigenvalue weighted by atomic mass is 9.59. The van der Waals surface area contributed by atoms with E-state index in [0.717, 1.165) is 0 Å². The highest BCUT2D eigenvalue weighted by molar-refractivity contribution is 5.34. The molecule has 1 nitrogen and oxygen atoms in total. The van der Waals surface area contributed by atoms with E-state index in [9.17, 15) is 5.11 Å². The van der Waals surface area contributed by atoms with Gasteiger partial charge in [-0.15, -0.1) is 0 Å². The molecule has 0 aromatic rings. The zero-order valence-corrected chi connectivity index (χ0v) is 9.38. The van der Waals surface area contributed by atoms with E-state index in [0.29, 0.717) is 0 Å². The van der Waals surface area contributed by atoms with Gasteiger partial charge in [-0.25, -0.2) is 0 Å². The van der Waals surface area contributed by atoms with E-state index in [1.807, 2.05) is 6.08 Å². The van der Waals surface area contributed by atoms with Crippen molar-refractivity contribution in [3.05, 3.63) is 23.8 Å². The van der Waals surface area contributed by atoms with E-state index in [1.165, 1.54) is 24.8 Å². The van der Waals surface area contributed by atoms with E-state index in [1.54, 1.807) is 0 Å². The predicted octanol–water partition coefficient (Wildman–Crippen LogP) is 3.06. The van der Waals surface area contributed by atoms with Crippen molar-refractivity contribution < 1.29 is 5.11 Å². The van der Waals surface area contributed by atoms with Crippen molar-refractivity contribution in [3.8, 4) is 0 Å². The lowest BCUT2D eigenvalue weighted by Gasteiger charge is -2.46. The van der Waals surface area contributed by atoms with Crippen molar-refractivity contribution in [2.45, 2.75) is 46.1 Å². The minimum atomic E-state index is -0.365. The third kappa shape index (κ3) is 1.44. The smallest absolute Gasteiger partial charge is 0.0906 e. The summed E-state index contributed by atoms with van der Waals surface area (Å²) in [4.78, 5) is 0. The maximum Gasteiger partial charge on any atom is 0.0906 e. The Hall–Kier alpha value is -0.560. The van der Waals surface area contributed by atoms with Crippen molar-refractivity contribution in [3.63, 3.8) is 0 Å². The maximum absolute atomic E-state index is 9.63. The first-order valence-electron chi connectivity index (χ1n) is 5.54. The van der Waals surface area contributed by atoms with Crippen LogP contribution in [0.5, 0.6) is 0 Å².